The number of rotatable bonds is 2. The number of benzene rings is 2. The van der Waals surface area contributed by atoms with E-state index in [0.29, 0.717) is 5.56 Å². The molecule has 2 aromatic rings. The Bertz CT molecular complexity index is 1310. The number of ether oxygens (including phenoxy) is 2. The van der Waals surface area contributed by atoms with Gasteiger partial charge in [0.15, 0.2) is 0 Å². The molecule has 2 aliphatic heterocycles. The van der Waals surface area contributed by atoms with Crippen LogP contribution in [0.4, 0.5) is 0 Å². The third-order valence-corrected chi connectivity index (χ3v) is 8.56. The van der Waals surface area contributed by atoms with Crippen molar-refractivity contribution >= 4 is 0 Å². The highest BCUT2D eigenvalue weighted by molar-refractivity contribution is 5.82. The molecule has 7 N–H and O–H groups in total. The summed E-state index contributed by atoms with van der Waals surface area (Å²) in [6, 6.07) is 11.8. The highest BCUT2D eigenvalue weighted by Crippen LogP contribution is 2.49. The lowest BCUT2D eigenvalue weighted by Gasteiger charge is -2.39. The van der Waals surface area contributed by atoms with Crippen LogP contribution in [0.2, 0.25) is 0 Å². The van der Waals surface area contributed by atoms with Gasteiger partial charge in [-0.05, 0) is 46.5 Å². The summed E-state index contributed by atoms with van der Waals surface area (Å²) < 4.78 is 11.1. The standard InChI is InChI=1S/C32H36O9.3C2H6.H2/c1-16-27(35)23(40-25(14-33)28(16)36)10-6-17-4-8-19-20-9-5-18(13-22(20)32(2,3)21(19)12-17)7-11-24-29(37)31(39)30(38)26(15-34)41-24;3*1-2;/h4-5,8-9,12-13,16,23-31,33-39H,14-15H2,1-3H3;3*1-2H3;1H/t16-,23-,24-,25-,26-,27+,28+,29-,30-,31-;;;;/m1..../s1. The van der Waals surface area contributed by atoms with Crippen molar-refractivity contribution in [3.63, 3.8) is 0 Å². The summed E-state index contributed by atoms with van der Waals surface area (Å²) in [7, 11) is 0. The van der Waals surface area contributed by atoms with Crippen molar-refractivity contribution in [1.29, 1.82) is 0 Å². The van der Waals surface area contributed by atoms with Crippen LogP contribution in [0, 0.1) is 29.6 Å². The molecule has 9 heteroatoms. The van der Waals surface area contributed by atoms with Gasteiger partial charge in [0.1, 0.15) is 42.7 Å². The fraction of sp³-hybridized carbons (Fsp3) is 0.579. The predicted octanol–water partition coefficient (Wildman–Crippen LogP) is 2.98. The maximum Gasteiger partial charge on any atom is 0.147 e. The molecular weight excluding hydrogens is 600 g/mol. The van der Waals surface area contributed by atoms with Crippen LogP contribution in [0.5, 0.6) is 0 Å². The van der Waals surface area contributed by atoms with Crippen molar-refractivity contribution in [1.82, 2.24) is 0 Å². The van der Waals surface area contributed by atoms with Crippen LogP contribution in [-0.4, -0.2) is 104 Å². The SMILES string of the molecule is CC.CC.CC.C[C@@H]1[C@H](O)[C@@H](C#Cc2ccc3c(c2)C(C)(C)c2cc(C#C[C@H]4O[C@H](CO)[C@@H](O)[C@H](O)[C@@H]4O)ccc2-3)O[C@H](CO)[C@H]1O.[HH]. The molecule has 0 radical (unpaired) electrons. The summed E-state index contributed by atoms with van der Waals surface area (Å²) in [4.78, 5) is 0. The van der Waals surface area contributed by atoms with Gasteiger partial charge < -0.3 is 45.2 Å². The summed E-state index contributed by atoms with van der Waals surface area (Å²) >= 11 is 0. The quantitative estimate of drug-likeness (QED) is 0.241. The molecule has 0 unspecified atom stereocenters. The van der Waals surface area contributed by atoms with Crippen LogP contribution >= 0.6 is 0 Å². The summed E-state index contributed by atoms with van der Waals surface area (Å²) in [6.07, 6.45) is -10.0. The first-order chi connectivity index (χ1) is 22.5. The van der Waals surface area contributed by atoms with Gasteiger partial charge in [-0.2, -0.15) is 0 Å². The molecule has 2 aromatic carbocycles. The lowest BCUT2D eigenvalue weighted by atomic mass is 9.81. The van der Waals surface area contributed by atoms with Crippen molar-refractivity contribution in [3.05, 3.63) is 58.7 Å². The second-order valence-corrected chi connectivity index (χ2v) is 11.6. The maximum absolute atomic E-state index is 10.5. The second-order valence-electron chi connectivity index (χ2n) is 11.6. The van der Waals surface area contributed by atoms with E-state index in [0.717, 1.165) is 27.8 Å². The smallest absolute Gasteiger partial charge is 0.147 e. The topological polar surface area (TPSA) is 160 Å². The van der Waals surface area contributed by atoms with E-state index in [1.165, 1.54) is 0 Å². The van der Waals surface area contributed by atoms with Crippen LogP contribution < -0.4 is 0 Å². The molecular formula is C38H56O9. The molecule has 0 aromatic heterocycles. The van der Waals surface area contributed by atoms with E-state index in [1.807, 2.05) is 77.9 Å². The zero-order valence-corrected chi connectivity index (χ0v) is 29.1. The highest BCUT2D eigenvalue weighted by atomic mass is 16.5. The van der Waals surface area contributed by atoms with Gasteiger partial charge in [0.2, 0.25) is 0 Å². The third-order valence-electron chi connectivity index (χ3n) is 8.56. The highest BCUT2D eigenvalue weighted by Gasteiger charge is 2.43. The summed E-state index contributed by atoms with van der Waals surface area (Å²) in [5.74, 6) is 11.4. The molecule has 0 amide bonds. The molecule has 10 atom stereocenters. The second kappa shape index (κ2) is 18.1. The number of aliphatic hydroxyl groups excluding tert-OH is 7. The molecule has 0 bridgehead atoms. The third kappa shape index (κ3) is 8.44. The minimum Gasteiger partial charge on any atom is -0.394 e. The van der Waals surface area contributed by atoms with Crippen molar-refractivity contribution in [3.8, 4) is 34.8 Å². The maximum atomic E-state index is 10.5. The number of fused-ring (bicyclic) bond motifs is 3. The van der Waals surface area contributed by atoms with Crippen LogP contribution in [-0.2, 0) is 14.9 Å². The fourth-order valence-electron chi connectivity index (χ4n) is 5.86. The lowest BCUT2D eigenvalue weighted by molar-refractivity contribution is -0.214. The van der Waals surface area contributed by atoms with Gasteiger partial charge in [-0.3, -0.25) is 0 Å². The molecule has 3 aliphatic rings. The molecule has 0 spiro atoms. The van der Waals surface area contributed by atoms with Gasteiger partial charge in [0, 0.05) is 23.9 Å². The van der Waals surface area contributed by atoms with E-state index >= 15 is 0 Å². The van der Waals surface area contributed by atoms with E-state index in [-0.39, 0.29) is 13.4 Å². The molecule has 2 heterocycles. The monoisotopic (exact) mass is 656 g/mol. The first-order valence-electron chi connectivity index (χ1n) is 16.7. The summed E-state index contributed by atoms with van der Waals surface area (Å²) in [5, 5.41) is 70.0. The van der Waals surface area contributed by atoms with Crippen LogP contribution in [0.1, 0.15) is 86.0 Å². The summed E-state index contributed by atoms with van der Waals surface area (Å²) in [5.41, 5.74) is 5.28. The Morgan fingerprint density at radius 2 is 1.02 bits per heavy atom. The average molecular weight is 657 g/mol. The Hall–Kier alpha value is -2.80. The molecule has 262 valence electrons. The van der Waals surface area contributed by atoms with E-state index in [1.54, 1.807) is 6.92 Å². The fourth-order valence-corrected chi connectivity index (χ4v) is 5.86. The normalized spacial score (nSPS) is 31.2. The molecule has 2 fully saturated rings. The molecule has 0 saturated carbocycles. The van der Waals surface area contributed by atoms with Gasteiger partial charge in [-0.25, -0.2) is 0 Å². The van der Waals surface area contributed by atoms with Crippen molar-refractivity contribution in [2.45, 2.75) is 123 Å². The molecule has 5 rings (SSSR count). The van der Waals surface area contributed by atoms with Crippen LogP contribution in [0.25, 0.3) is 11.1 Å². The Labute approximate surface area is 281 Å². The zero-order valence-electron chi connectivity index (χ0n) is 29.1. The number of hydrogen-bond acceptors (Lipinski definition) is 9. The average Bonchev–Trinajstić information content (AvgIpc) is 3.33. The Balaban J connectivity index is 0.00000156. The summed E-state index contributed by atoms with van der Waals surface area (Å²) in [6.45, 7) is 17.0. The Kier molecular flexibility index (Phi) is 15.5. The van der Waals surface area contributed by atoms with Gasteiger partial charge in [0.05, 0.1) is 25.4 Å². The van der Waals surface area contributed by atoms with Crippen molar-refractivity contribution < 1.29 is 46.6 Å². The predicted molar refractivity (Wildman–Crippen MR) is 185 cm³/mol. The first kappa shape index (κ1) is 40.4. The van der Waals surface area contributed by atoms with Crippen LogP contribution in [0.3, 0.4) is 0 Å². The van der Waals surface area contributed by atoms with Crippen molar-refractivity contribution in [2.75, 3.05) is 13.2 Å². The Morgan fingerprint density at radius 3 is 1.45 bits per heavy atom. The van der Waals surface area contributed by atoms with E-state index in [4.69, 9.17) is 9.47 Å². The van der Waals surface area contributed by atoms with Crippen LogP contribution in [0.15, 0.2) is 36.4 Å². The largest absolute Gasteiger partial charge is 0.394 e. The lowest BCUT2D eigenvalue weighted by Crippen LogP contribution is -2.58. The molecule has 47 heavy (non-hydrogen) atoms. The zero-order chi connectivity index (χ0) is 35.6. The van der Waals surface area contributed by atoms with Gasteiger partial charge in [-0.1, -0.05) is 98.1 Å². The van der Waals surface area contributed by atoms with E-state index in [9.17, 15) is 35.7 Å². The van der Waals surface area contributed by atoms with Gasteiger partial charge in [-0.15, -0.1) is 0 Å². The molecule has 2 saturated heterocycles. The van der Waals surface area contributed by atoms with Gasteiger partial charge in [0.25, 0.3) is 0 Å². The molecule has 1 aliphatic carbocycles. The molecule has 9 nitrogen and oxygen atoms in total. The van der Waals surface area contributed by atoms with E-state index in [2.05, 4.69) is 37.5 Å². The van der Waals surface area contributed by atoms with E-state index < -0.39 is 67.5 Å². The van der Waals surface area contributed by atoms with Gasteiger partial charge >= 0.3 is 0 Å². The Morgan fingerprint density at radius 1 is 0.617 bits per heavy atom. The minimum atomic E-state index is -1.48. The number of hydrogen-bond donors (Lipinski definition) is 7. The van der Waals surface area contributed by atoms with Crippen molar-refractivity contribution in [2.24, 2.45) is 5.92 Å². The number of aliphatic hydroxyl groups is 7. The minimum absolute atomic E-state index is 0. The first-order valence-corrected chi connectivity index (χ1v) is 16.7.